The number of rotatable bonds is 12. The third-order valence-corrected chi connectivity index (χ3v) is 5.22. The number of halogens is 1. The number of likely N-dealkylation sites (N-methyl/N-ethyl adjacent to an activating group) is 1. The predicted molar refractivity (Wildman–Crippen MR) is 131 cm³/mol. The molecule has 0 radical (unpaired) electrons. The van der Waals surface area contributed by atoms with E-state index in [0.717, 1.165) is 43.8 Å². The van der Waals surface area contributed by atoms with Crippen LogP contribution in [-0.4, -0.2) is 50.7 Å². The first kappa shape index (κ1) is 27.0. The topological polar surface area (TPSA) is 49.4 Å². The van der Waals surface area contributed by atoms with Crippen LogP contribution in [0.15, 0.2) is 42.5 Å². The Balaban J connectivity index is 0.000000327. The Bertz CT molecular complexity index is 788. The first-order valence-electron chi connectivity index (χ1n) is 11.0. The molecule has 0 saturated carbocycles. The lowest BCUT2D eigenvalue weighted by molar-refractivity contribution is -0.107. The third kappa shape index (κ3) is 11.8. The SMILES string of the molecule is CCNCCc1cc(C(=O)CCC=O)ccc1C.CN(C)CCCc1ccc(Cl)cc1. The molecule has 0 aromatic heterocycles. The second-order valence-electron chi connectivity index (χ2n) is 7.91. The summed E-state index contributed by atoms with van der Waals surface area (Å²) >= 11 is 5.79. The van der Waals surface area contributed by atoms with Gasteiger partial charge < -0.3 is 15.0 Å². The molecule has 170 valence electrons. The maximum atomic E-state index is 11.8. The van der Waals surface area contributed by atoms with E-state index in [2.05, 4.69) is 50.3 Å². The highest BCUT2D eigenvalue weighted by Gasteiger charge is 2.07. The normalized spacial score (nSPS) is 10.5. The van der Waals surface area contributed by atoms with Gasteiger partial charge in [-0.05, 0) is 94.8 Å². The van der Waals surface area contributed by atoms with Crippen LogP contribution in [0.25, 0.3) is 0 Å². The summed E-state index contributed by atoms with van der Waals surface area (Å²) in [6.45, 7) is 7.15. The summed E-state index contributed by atoms with van der Waals surface area (Å²) in [4.78, 5) is 24.3. The average molecular weight is 445 g/mol. The summed E-state index contributed by atoms with van der Waals surface area (Å²) < 4.78 is 0. The van der Waals surface area contributed by atoms with Crippen LogP contribution in [0.1, 0.15) is 53.2 Å². The van der Waals surface area contributed by atoms with Gasteiger partial charge in [0.15, 0.2) is 5.78 Å². The lowest BCUT2D eigenvalue weighted by Gasteiger charge is -2.08. The molecule has 0 bridgehead atoms. The Morgan fingerprint density at radius 2 is 1.81 bits per heavy atom. The van der Waals surface area contributed by atoms with Crippen molar-refractivity contribution in [3.05, 3.63) is 69.7 Å². The number of carbonyl (C=O) groups is 2. The van der Waals surface area contributed by atoms with Crippen LogP contribution >= 0.6 is 11.6 Å². The maximum Gasteiger partial charge on any atom is 0.163 e. The van der Waals surface area contributed by atoms with Gasteiger partial charge in [-0.25, -0.2) is 0 Å². The van der Waals surface area contributed by atoms with Crippen molar-refractivity contribution >= 4 is 23.7 Å². The number of hydrogen-bond acceptors (Lipinski definition) is 4. The lowest BCUT2D eigenvalue weighted by atomic mass is 9.98. The van der Waals surface area contributed by atoms with Gasteiger partial charge in [0, 0.05) is 23.4 Å². The number of carbonyl (C=O) groups excluding carboxylic acids is 2. The molecule has 2 aromatic rings. The van der Waals surface area contributed by atoms with Crippen LogP contribution in [0.4, 0.5) is 0 Å². The number of ketones is 1. The first-order chi connectivity index (χ1) is 14.9. The van der Waals surface area contributed by atoms with E-state index in [4.69, 9.17) is 11.6 Å². The van der Waals surface area contributed by atoms with Crippen molar-refractivity contribution in [2.45, 2.75) is 46.0 Å². The zero-order chi connectivity index (χ0) is 23.1. The summed E-state index contributed by atoms with van der Waals surface area (Å²) in [5.41, 5.74) is 4.49. The molecule has 0 amide bonds. The van der Waals surface area contributed by atoms with Crippen molar-refractivity contribution in [2.75, 3.05) is 33.7 Å². The minimum Gasteiger partial charge on any atom is -0.317 e. The standard InChI is InChI=1S/C15H21NO2.C11H16ClN/c1-3-16-9-8-13-11-14(7-6-12(13)2)15(18)5-4-10-17;1-13(2)9-3-4-10-5-7-11(12)8-6-10/h6-7,10-11,16H,3-5,8-9H2,1-2H3;5-8H,3-4,9H2,1-2H3. The smallest absolute Gasteiger partial charge is 0.163 e. The van der Waals surface area contributed by atoms with E-state index in [9.17, 15) is 9.59 Å². The highest BCUT2D eigenvalue weighted by Crippen LogP contribution is 2.14. The Kier molecular flexibility index (Phi) is 13.7. The van der Waals surface area contributed by atoms with Crippen molar-refractivity contribution < 1.29 is 9.59 Å². The molecular weight excluding hydrogens is 408 g/mol. The molecule has 5 heteroatoms. The van der Waals surface area contributed by atoms with E-state index in [1.807, 2.05) is 30.3 Å². The molecule has 2 rings (SSSR count). The van der Waals surface area contributed by atoms with E-state index in [0.29, 0.717) is 18.4 Å². The van der Waals surface area contributed by atoms with Gasteiger partial charge in [0.05, 0.1) is 0 Å². The van der Waals surface area contributed by atoms with Crippen LogP contribution in [-0.2, 0) is 17.6 Å². The summed E-state index contributed by atoms with van der Waals surface area (Å²) in [5, 5.41) is 4.09. The number of aryl methyl sites for hydroxylation is 2. The molecule has 1 N–H and O–H groups in total. The maximum absolute atomic E-state index is 11.8. The van der Waals surface area contributed by atoms with Gasteiger partial charge >= 0.3 is 0 Å². The molecule has 0 unspecified atom stereocenters. The van der Waals surface area contributed by atoms with E-state index >= 15 is 0 Å². The number of nitrogens with zero attached hydrogens (tertiary/aromatic N) is 1. The molecular formula is C26H37ClN2O2. The quantitative estimate of drug-likeness (QED) is 0.279. The summed E-state index contributed by atoms with van der Waals surface area (Å²) in [7, 11) is 4.20. The minimum absolute atomic E-state index is 0.0480. The Morgan fingerprint density at radius 3 is 2.42 bits per heavy atom. The van der Waals surface area contributed by atoms with Gasteiger partial charge in [0.2, 0.25) is 0 Å². The summed E-state index contributed by atoms with van der Waals surface area (Å²) in [6, 6.07) is 13.9. The third-order valence-electron chi connectivity index (χ3n) is 4.97. The molecule has 4 nitrogen and oxygen atoms in total. The molecule has 0 aliphatic carbocycles. The van der Waals surface area contributed by atoms with Gasteiger partial charge in [-0.2, -0.15) is 0 Å². The number of hydrogen-bond donors (Lipinski definition) is 1. The summed E-state index contributed by atoms with van der Waals surface area (Å²) in [5.74, 6) is 0.0480. The van der Waals surface area contributed by atoms with Gasteiger partial charge in [-0.1, -0.05) is 42.8 Å². The van der Waals surface area contributed by atoms with Gasteiger partial charge in [0.1, 0.15) is 6.29 Å². The van der Waals surface area contributed by atoms with E-state index in [1.165, 1.54) is 23.1 Å². The van der Waals surface area contributed by atoms with Gasteiger partial charge in [0.25, 0.3) is 0 Å². The molecule has 2 aromatic carbocycles. The van der Waals surface area contributed by atoms with E-state index in [1.54, 1.807) is 0 Å². The fraction of sp³-hybridized carbons (Fsp3) is 0.462. The van der Waals surface area contributed by atoms with Crippen molar-refractivity contribution in [3.8, 4) is 0 Å². The van der Waals surface area contributed by atoms with Gasteiger partial charge in [-0.3, -0.25) is 4.79 Å². The zero-order valence-electron chi connectivity index (χ0n) is 19.4. The number of Topliss-reactive ketones (excluding diaryl/α,β-unsaturated/α-hetero) is 1. The van der Waals surface area contributed by atoms with Crippen molar-refractivity contribution in [1.29, 1.82) is 0 Å². The van der Waals surface area contributed by atoms with Crippen LogP contribution in [0.5, 0.6) is 0 Å². The Labute approximate surface area is 193 Å². The largest absolute Gasteiger partial charge is 0.317 e. The number of benzene rings is 2. The van der Waals surface area contributed by atoms with E-state index < -0.39 is 0 Å². The van der Waals surface area contributed by atoms with Crippen molar-refractivity contribution in [3.63, 3.8) is 0 Å². The lowest BCUT2D eigenvalue weighted by Crippen LogP contribution is -2.16. The molecule has 0 fully saturated rings. The average Bonchev–Trinajstić information content (AvgIpc) is 2.75. The fourth-order valence-electron chi connectivity index (χ4n) is 3.10. The molecule has 0 heterocycles. The van der Waals surface area contributed by atoms with Crippen LogP contribution in [0, 0.1) is 6.92 Å². The van der Waals surface area contributed by atoms with Crippen LogP contribution < -0.4 is 5.32 Å². The second-order valence-corrected chi connectivity index (χ2v) is 8.34. The van der Waals surface area contributed by atoms with Crippen molar-refractivity contribution in [1.82, 2.24) is 10.2 Å². The number of aldehydes is 1. The van der Waals surface area contributed by atoms with Crippen LogP contribution in [0.2, 0.25) is 5.02 Å². The monoisotopic (exact) mass is 444 g/mol. The molecule has 0 saturated heterocycles. The number of nitrogens with one attached hydrogen (secondary N) is 1. The predicted octanol–water partition coefficient (Wildman–Crippen LogP) is 5.14. The second kappa shape index (κ2) is 15.7. The molecule has 0 aliphatic heterocycles. The highest BCUT2D eigenvalue weighted by molar-refractivity contribution is 6.30. The first-order valence-corrected chi connectivity index (χ1v) is 11.4. The van der Waals surface area contributed by atoms with Gasteiger partial charge in [-0.15, -0.1) is 0 Å². The summed E-state index contributed by atoms with van der Waals surface area (Å²) in [6.07, 6.45) is 4.66. The molecule has 0 spiro atoms. The van der Waals surface area contributed by atoms with E-state index in [-0.39, 0.29) is 5.78 Å². The zero-order valence-corrected chi connectivity index (χ0v) is 20.2. The highest BCUT2D eigenvalue weighted by atomic mass is 35.5. The van der Waals surface area contributed by atoms with Crippen LogP contribution in [0.3, 0.4) is 0 Å². The van der Waals surface area contributed by atoms with Crippen molar-refractivity contribution in [2.24, 2.45) is 0 Å². The molecule has 0 atom stereocenters. The fourth-order valence-corrected chi connectivity index (χ4v) is 3.22. The Morgan fingerprint density at radius 1 is 1.10 bits per heavy atom. The molecule has 0 aliphatic rings. The molecule has 31 heavy (non-hydrogen) atoms. The Hall–Kier alpha value is -2.01. The minimum atomic E-state index is 0.0480.